The minimum Gasteiger partial charge on any atom is -0.352 e. The summed E-state index contributed by atoms with van der Waals surface area (Å²) < 4.78 is 0. The summed E-state index contributed by atoms with van der Waals surface area (Å²) in [5.41, 5.74) is 0.869. The molecule has 0 aliphatic carbocycles. The molecule has 2 aromatic rings. The third-order valence-electron chi connectivity index (χ3n) is 3.53. The van der Waals surface area contributed by atoms with Gasteiger partial charge in [0.25, 0.3) is 11.8 Å². The minimum absolute atomic E-state index is 0.238. The molecular formula is C18H20Cl2N4O2. The number of aromatic nitrogens is 1. The molecule has 2 amide bonds. The molecule has 1 heterocycles. The third kappa shape index (κ3) is 5.69. The van der Waals surface area contributed by atoms with Crippen LogP contribution < -0.4 is 10.6 Å². The van der Waals surface area contributed by atoms with E-state index in [-0.39, 0.29) is 11.5 Å². The molecule has 138 valence electrons. The van der Waals surface area contributed by atoms with Crippen molar-refractivity contribution < 1.29 is 9.59 Å². The lowest BCUT2D eigenvalue weighted by Gasteiger charge is -2.11. The second-order valence-corrected chi connectivity index (χ2v) is 6.74. The highest BCUT2D eigenvalue weighted by atomic mass is 35.5. The van der Waals surface area contributed by atoms with Crippen molar-refractivity contribution in [2.24, 2.45) is 0 Å². The van der Waals surface area contributed by atoms with Crippen molar-refractivity contribution in [1.29, 1.82) is 0 Å². The molecule has 0 aliphatic heterocycles. The van der Waals surface area contributed by atoms with Gasteiger partial charge >= 0.3 is 0 Å². The summed E-state index contributed by atoms with van der Waals surface area (Å²) in [5, 5.41) is 6.11. The molecule has 0 saturated heterocycles. The summed E-state index contributed by atoms with van der Waals surface area (Å²) in [6.45, 7) is 1.42. The fraction of sp³-hybridized carbons (Fsp3) is 0.278. The Morgan fingerprint density at radius 2 is 1.69 bits per heavy atom. The molecule has 0 bridgehead atoms. The van der Waals surface area contributed by atoms with Gasteiger partial charge in [0, 0.05) is 18.9 Å². The minimum atomic E-state index is -0.449. The van der Waals surface area contributed by atoms with Crippen LogP contribution in [0.1, 0.15) is 27.1 Å². The van der Waals surface area contributed by atoms with Crippen molar-refractivity contribution in [2.45, 2.75) is 6.42 Å². The molecule has 2 N–H and O–H groups in total. The molecule has 0 atom stereocenters. The molecule has 0 spiro atoms. The topological polar surface area (TPSA) is 74.3 Å². The van der Waals surface area contributed by atoms with Gasteiger partial charge in [-0.25, -0.2) is 0 Å². The lowest BCUT2D eigenvalue weighted by Crippen LogP contribution is -2.27. The first-order chi connectivity index (χ1) is 12.4. The lowest BCUT2D eigenvalue weighted by atomic mass is 10.1. The van der Waals surface area contributed by atoms with Crippen molar-refractivity contribution in [3.63, 3.8) is 0 Å². The number of carbonyl (C=O) groups is 2. The molecule has 0 fully saturated rings. The molecule has 26 heavy (non-hydrogen) atoms. The molecule has 0 saturated carbocycles. The van der Waals surface area contributed by atoms with Crippen LogP contribution in [0.4, 0.5) is 5.69 Å². The first-order valence-electron chi connectivity index (χ1n) is 8.02. The van der Waals surface area contributed by atoms with E-state index in [1.807, 2.05) is 19.0 Å². The van der Waals surface area contributed by atoms with Crippen molar-refractivity contribution >= 4 is 40.7 Å². The lowest BCUT2D eigenvalue weighted by molar-refractivity contribution is 0.0952. The number of para-hydroxylation sites is 1. The van der Waals surface area contributed by atoms with Crippen LogP contribution in [-0.4, -0.2) is 48.9 Å². The molecular weight excluding hydrogens is 375 g/mol. The molecule has 8 heteroatoms. The van der Waals surface area contributed by atoms with Gasteiger partial charge in [-0.2, -0.15) is 0 Å². The summed E-state index contributed by atoms with van der Waals surface area (Å²) in [7, 11) is 3.94. The van der Waals surface area contributed by atoms with Crippen molar-refractivity contribution in [3.05, 3.63) is 57.8 Å². The molecule has 6 nitrogen and oxygen atoms in total. The number of nitrogens with one attached hydrogen (secondary N) is 2. The predicted molar refractivity (Wildman–Crippen MR) is 104 cm³/mol. The van der Waals surface area contributed by atoms with Crippen LogP contribution in [-0.2, 0) is 0 Å². The molecule has 1 aromatic carbocycles. The number of halogens is 2. The SMILES string of the molecule is CN(C)CCCNC(=O)c1cncc(C(=O)Nc2c(Cl)cccc2Cl)c1. The van der Waals surface area contributed by atoms with Crippen LogP contribution in [0.2, 0.25) is 10.0 Å². The fourth-order valence-electron chi connectivity index (χ4n) is 2.19. The highest BCUT2D eigenvalue weighted by Crippen LogP contribution is 2.30. The highest BCUT2D eigenvalue weighted by molar-refractivity contribution is 6.40. The maximum absolute atomic E-state index is 12.4. The van der Waals surface area contributed by atoms with E-state index in [4.69, 9.17) is 23.2 Å². The number of hydrogen-bond acceptors (Lipinski definition) is 4. The van der Waals surface area contributed by atoms with Crippen LogP contribution in [0.3, 0.4) is 0 Å². The van der Waals surface area contributed by atoms with Gasteiger partial charge in [0.1, 0.15) is 0 Å². The Balaban J connectivity index is 2.03. The van der Waals surface area contributed by atoms with Crippen molar-refractivity contribution in [2.75, 3.05) is 32.5 Å². The van der Waals surface area contributed by atoms with Crippen LogP contribution >= 0.6 is 23.2 Å². The number of rotatable bonds is 7. The Morgan fingerprint density at radius 1 is 1.08 bits per heavy atom. The molecule has 0 aliphatic rings. The van der Waals surface area contributed by atoms with Gasteiger partial charge in [-0.05, 0) is 45.3 Å². The number of hydrogen-bond donors (Lipinski definition) is 2. The molecule has 0 radical (unpaired) electrons. The average Bonchev–Trinajstić information content (AvgIpc) is 2.61. The second-order valence-electron chi connectivity index (χ2n) is 5.93. The summed E-state index contributed by atoms with van der Waals surface area (Å²) in [5.74, 6) is -0.726. The zero-order valence-corrected chi connectivity index (χ0v) is 16.1. The summed E-state index contributed by atoms with van der Waals surface area (Å²) in [6.07, 6.45) is 3.63. The zero-order chi connectivity index (χ0) is 19.1. The smallest absolute Gasteiger partial charge is 0.257 e. The van der Waals surface area contributed by atoms with Crippen LogP contribution in [0.5, 0.6) is 0 Å². The van der Waals surface area contributed by atoms with Crippen LogP contribution in [0, 0.1) is 0 Å². The Bertz CT molecular complexity index is 776. The van der Waals surface area contributed by atoms with Gasteiger partial charge in [0.05, 0.1) is 26.9 Å². The van der Waals surface area contributed by atoms with Crippen molar-refractivity contribution in [3.8, 4) is 0 Å². The summed E-state index contributed by atoms with van der Waals surface area (Å²) >= 11 is 12.1. The van der Waals surface area contributed by atoms with E-state index in [1.165, 1.54) is 18.5 Å². The van der Waals surface area contributed by atoms with E-state index in [0.717, 1.165) is 13.0 Å². The Kier molecular flexibility index (Phi) is 7.38. The highest BCUT2D eigenvalue weighted by Gasteiger charge is 2.14. The van der Waals surface area contributed by atoms with Gasteiger partial charge in [-0.15, -0.1) is 0 Å². The third-order valence-corrected chi connectivity index (χ3v) is 4.16. The Morgan fingerprint density at radius 3 is 2.31 bits per heavy atom. The van der Waals surface area contributed by atoms with E-state index in [0.29, 0.717) is 27.8 Å². The van der Waals surface area contributed by atoms with Gasteiger partial charge < -0.3 is 15.5 Å². The quantitative estimate of drug-likeness (QED) is 0.706. The molecule has 1 aromatic heterocycles. The first kappa shape index (κ1) is 20.2. The van der Waals surface area contributed by atoms with Crippen molar-refractivity contribution in [1.82, 2.24) is 15.2 Å². The van der Waals surface area contributed by atoms with Gasteiger partial charge in [0.15, 0.2) is 0 Å². The normalized spacial score (nSPS) is 10.7. The maximum atomic E-state index is 12.4. The standard InChI is InChI=1S/C18H20Cl2N4O2/c1-24(2)8-4-7-22-17(25)12-9-13(11-21-10-12)18(26)23-16-14(19)5-3-6-15(16)20/h3,5-6,9-11H,4,7-8H2,1-2H3,(H,22,25)(H,23,26). The number of pyridine rings is 1. The van der Waals surface area contributed by atoms with E-state index >= 15 is 0 Å². The van der Waals surface area contributed by atoms with Gasteiger partial charge in [0.2, 0.25) is 0 Å². The Hall–Kier alpha value is -2.15. The van der Waals surface area contributed by atoms with Crippen LogP contribution in [0.25, 0.3) is 0 Å². The summed E-state index contributed by atoms with van der Waals surface area (Å²) in [4.78, 5) is 30.6. The van der Waals surface area contributed by atoms with E-state index in [1.54, 1.807) is 18.2 Å². The largest absolute Gasteiger partial charge is 0.352 e. The first-order valence-corrected chi connectivity index (χ1v) is 8.77. The van der Waals surface area contributed by atoms with E-state index < -0.39 is 5.91 Å². The fourth-order valence-corrected chi connectivity index (χ4v) is 2.68. The molecule has 0 unspecified atom stereocenters. The summed E-state index contributed by atoms with van der Waals surface area (Å²) in [6, 6.07) is 6.41. The van der Waals surface area contributed by atoms with Gasteiger partial charge in [-0.3, -0.25) is 14.6 Å². The number of carbonyl (C=O) groups excluding carboxylic acids is 2. The van der Waals surface area contributed by atoms with Crippen LogP contribution in [0.15, 0.2) is 36.7 Å². The maximum Gasteiger partial charge on any atom is 0.257 e. The number of anilines is 1. The predicted octanol–water partition coefficient (Wildman–Crippen LogP) is 3.32. The number of amides is 2. The molecule has 2 rings (SSSR count). The van der Waals surface area contributed by atoms with E-state index in [9.17, 15) is 9.59 Å². The van der Waals surface area contributed by atoms with E-state index in [2.05, 4.69) is 15.6 Å². The second kappa shape index (κ2) is 9.52. The average molecular weight is 395 g/mol. The monoisotopic (exact) mass is 394 g/mol. The number of benzene rings is 1. The van der Waals surface area contributed by atoms with Gasteiger partial charge in [-0.1, -0.05) is 29.3 Å². The number of nitrogens with zero attached hydrogens (tertiary/aromatic N) is 2. The zero-order valence-electron chi connectivity index (χ0n) is 14.6. The Labute approximate surface area is 162 Å².